The second kappa shape index (κ2) is 7.38. The molecule has 4 rings (SSSR count). The lowest BCUT2D eigenvalue weighted by atomic mass is 10.0. The molecular formula is C22H21N3O3. The Morgan fingerprint density at radius 2 is 2.07 bits per heavy atom. The van der Waals surface area contributed by atoms with Gasteiger partial charge in [-0.25, -0.2) is 0 Å². The number of hydrogen-bond acceptors (Lipinski definition) is 4. The number of nitrogens with one attached hydrogen (secondary N) is 1. The van der Waals surface area contributed by atoms with Crippen molar-refractivity contribution in [3.05, 3.63) is 59.3 Å². The maximum Gasteiger partial charge on any atom is 0.255 e. The summed E-state index contributed by atoms with van der Waals surface area (Å²) in [6.07, 6.45) is 7.55. The Bertz CT molecular complexity index is 979. The van der Waals surface area contributed by atoms with E-state index >= 15 is 0 Å². The number of carbonyl (C=O) groups excluding carboxylic acids is 3. The average molecular weight is 375 g/mol. The van der Waals surface area contributed by atoms with Crippen molar-refractivity contribution in [2.75, 3.05) is 0 Å². The molecule has 1 N–H and O–H groups in total. The van der Waals surface area contributed by atoms with Gasteiger partial charge in [-0.05, 0) is 42.2 Å². The standard InChI is InChI=1S/C22H21N3O3/c1-2-3-4-14-5-8-18(23-12-14)15-6-7-17-16(11-15)13-25(22(17)28)19-9-10-20(26)24-21(19)27/h3-8,11-12,19H,2,9-10,13H2,1H3,(H,24,26,27)/b4-3+. The third kappa shape index (κ3) is 3.33. The lowest BCUT2D eigenvalue weighted by Crippen LogP contribution is -2.52. The molecule has 1 saturated heterocycles. The highest BCUT2D eigenvalue weighted by Crippen LogP contribution is 2.30. The lowest BCUT2D eigenvalue weighted by molar-refractivity contribution is -0.136. The first-order valence-corrected chi connectivity index (χ1v) is 9.47. The van der Waals surface area contributed by atoms with Crippen LogP contribution in [0.4, 0.5) is 0 Å². The fraction of sp³-hybridized carbons (Fsp3) is 0.273. The van der Waals surface area contributed by atoms with Gasteiger partial charge in [0.2, 0.25) is 11.8 Å². The van der Waals surface area contributed by atoms with Crippen molar-refractivity contribution < 1.29 is 14.4 Å². The number of piperidine rings is 1. The molecule has 142 valence electrons. The first-order chi connectivity index (χ1) is 13.6. The molecule has 0 spiro atoms. The highest BCUT2D eigenvalue weighted by molar-refractivity contribution is 6.05. The maximum atomic E-state index is 12.8. The van der Waals surface area contributed by atoms with Crippen LogP contribution in [0.5, 0.6) is 0 Å². The fourth-order valence-electron chi connectivity index (χ4n) is 3.66. The van der Waals surface area contributed by atoms with Crippen LogP contribution in [-0.2, 0) is 16.1 Å². The van der Waals surface area contributed by atoms with Crippen molar-refractivity contribution in [3.63, 3.8) is 0 Å². The van der Waals surface area contributed by atoms with Crippen LogP contribution in [0.25, 0.3) is 17.3 Å². The van der Waals surface area contributed by atoms with Crippen molar-refractivity contribution in [2.24, 2.45) is 0 Å². The second-order valence-corrected chi connectivity index (χ2v) is 7.06. The zero-order valence-electron chi connectivity index (χ0n) is 15.6. The zero-order valence-corrected chi connectivity index (χ0v) is 15.6. The van der Waals surface area contributed by atoms with Gasteiger partial charge in [-0.15, -0.1) is 0 Å². The van der Waals surface area contributed by atoms with Gasteiger partial charge in [0.05, 0.1) is 5.69 Å². The summed E-state index contributed by atoms with van der Waals surface area (Å²) in [6.45, 7) is 2.45. The van der Waals surface area contributed by atoms with Gasteiger partial charge in [-0.2, -0.15) is 0 Å². The predicted octanol–water partition coefficient (Wildman–Crippen LogP) is 2.93. The Balaban J connectivity index is 1.56. The number of allylic oxidation sites excluding steroid dienone is 1. The van der Waals surface area contributed by atoms with E-state index in [1.54, 1.807) is 11.0 Å². The van der Waals surface area contributed by atoms with Crippen molar-refractivity contribution >= 4 is 23.8 Å². The monoisotopic (exact) mass is 375 g/mol. The molecule has 28 heavy (non-hydrogen) atoms. The van der Waals surface area contributed by atoms with Crippen LogP contribution in [0.1, 0.15) is 47.7 Å². The Morgan fingerprint density at radius 3 is 2.79 bits per heavy atom. The number of benzene rings is 1. The van der Waals surface area contributed by atoms with Crippen molar-refractivity contribution in [1.82, 2.24) is 15.2 Å². The quantitative estimate of drug-likeness (QED) is 0.834. The van der Waals surface area contributed by atoms with Crippen LogP contribution < -0.4 is 5.32 Å². The first-order valence-electron chi connectivity index (χ1n) is 9.47. The first kappa shape index (κ1) is 18.1. The molecule has 2 aromatic rings. The molecule has 0 bridgehead atoms. The maximum absolute atomic E-state index is 12.8. The summed E-state index contributed by atoms with van der Waals surface area (Å²) >= 11 is 0. The van der Waals surface area contributed by atoms with Gasteiger partial charge >= 0.3 is 0 Å². The van der Waals surface area contributed by atoms with Crippen LogP contribution in [0.2, 0.25) is 0 Å². The smallest absolute Gasteiger partial charge is 0.255 e. The predicted molar refractivity (Wildman–Crippen MR) is 105 cm³/mol. The minimum atomic E-state index is -0.594. The molecule has 0 aliphatic carbocycles. The number of pyridine rings is 1. The van der Waals surface area contributed by atoms with Crippen LogP contribution in [0.3, 0.4) is 0 Å². The number of aromatic nitrogens is 1. The minimum absolute atomic E-state index is 0.163. The molecule has 6 heteroatoms. The molecule has 0 saturated carbocycles. The van der Waals surface area contributed by atoms with Crippen molar-refractivity contribution in [1.29, 1.82) is 0 Å². The molecule has 1 fully saturated rings. The van der Waals surface area contributed by atoms with Gasteiger partial charge in [0.15, 0.2) is 0 Å². The van der Waals surface area contributed by atoms with E-state index in [4.69, 9.17) is 0 Å². The number of hydrogen-bond donors (Lipinski definition) is 1. The molecule has 3 amide bonds. The van der Waals surface area contributed by atoms with E-state index in [0.29, 0.717) is 18.5 Å². The summed E-state index contributed by atoms with van der Waals surface area (Å²) in [4.78, 5) is 42.3. The normalized spacial score (nSPS) is 19.2. The number of carbonyl (C=O) groups is 3. The highest BCUT2D eigenvalue weighted by atomic mass is 16.2. The fourth-order valence-corrected chi connectivity index (χ4v) is 3.66. The van der Waals surface area contributed by atoms with Crippen LogP contribution in [0.15, 0.2) is 42.6 Å². The minimum Gasteiger partial charge on any atom is -0.322 e. The van der Waals surface area contributed by atoms with Crippen molar-refractivity contribution in [3.8, 4) is 11.3 Å². The molecule has 2 aliphatic rings. The Morgan fingerprint density at radius 1 is 1.21 bits per heavy atom. The summed E-state index contributed by atoms with van der Waals surface area (Å²) in [7, 11) is 0. The molecule has 6 nitrogen and oxygen atoms in total. The molecule has 1 atom stereocenters. The molecule has 3 heterocycles. The van der Waals surface area contributed by atoms with E-state index in [9.17, 15) is 14.4 Å². The molecule has 1 unspecified atom stereocenters. The molecule has 0 radical (unpaired) electrons. The molecule has 1 aromatic heterocycles. The Hall–Kier alpha value is -3.28. The van der Waals surface area contributed by atoms with E-state index < -0.39 is 11.9 Å². The van der Waals surface area contributed by atoms with E-state index in [1.807, 2.05) is 36.5 Å². The summed E-state index contributed by atoms with van der Waals surface area (Å²) in [6, 6.07) is 9.03. The molecule has 2 aliphatic heterocycles. The van der Waals surface area contributed by atoms with E-state index in [2.05, 4.69) is 23.3 Å². The third-order valence-corrected chi connectivity index (χ3v) is 5.15. The Kier molecular flexibility index (Phi) is 4.77. The van der Waals surface area contributed by atoms with Gasteiger partial charge in [-0.1, -0.05) is 31.2 Å². The van der Waals surface area contributed by atoms with Gasteiger partial charge in [0, 0.05) is 30.3 Å². The van der Waals surface area contributed by atoms with Gasteiger partial charge in [0.1, 0.15) is 6.04 Å². The van der Waals surface area contributed by atoms with E-state index in [-0.39, 0.29) is 18.2 Å². The second-order valence-electron chi connectivity index (χ2n) is 7.06. The van der Waals surface area contributed by atoms with Crippen molar-refractivity contribution in [2.45, 2.75) is 38.8 Å². The number of rotatable bonds is 4. The molecule has 1 aromatic carbocycles. The number of fused-ring (bicyclic) bond motifs is 1. The zero-order chi connectivity index (χ0) is 19.7. The average Bonchev–Trinajstić information content (AvgIpc) is 3.02. The SMILES string of the molecule is CC/C=C/c1ccc(-c2ccc3c(c2)CN(C2CCC(=O)NC2=O)C3=O)nc1. The lowest BCUT2D eigenvalue weighted by Gasteiger charge is -2.29. The summed E-state index contributed by atoms with van der Waals surface area (Å²) in [5.41, 5.74) is 4.30. The van der Waals surface area contributed by atoms with Crippen LogP contribution >= 0.6 is 0 Å². The van der Waals surface area contributed by atoms with E-state index in [1.165, 1.54) is 0 Å². The van der Waals surface area contributed by atoms with Crippen LogP contribution in [-0.4, -0.2) is 33.6 Å². The van der Waals surface area contributed by atoms with Gasteiger partial charge in [-0.3, -0.25) is 24.7 Å². The number of amides is 3. The van der Waals surface area contributed by atoms with E-state index in [0.717, 1.165) is 28.8 Å². The highest BCUT2D eigenvalue weighted by Gasteiger charge is 2.39. The Labute approximate surface area is 163 Å². The van der Waals surface area contributed by atoms with Gasteiger partial charge < -0.3 is 4.90 Å². The number of imide groups is 1. The van der Waals surface area contributed by atoms with Gasteiger partial charge in [0.25, 0.3) is 5.91 Å². The largest absolute Gasteiger partial charge is 0.322 e. The topological polar surface area (TPSA) is 79.4 Å². The van der Waals surface area contributed by atoms with Crippen LogP contribution in [0, 0.1) is 0 Å². The summed E-state index contributed by atoms with van der Waals surface area (Å²) in [5, 5.41) is 2.32. The summed E-state index contributed by atoms with van der Waals surface area (Å²) < 4.78 is 0. The molecular weight excluding hydrogens is 354 g/mol. The summed E-state index contributed by atoms with van der Waals surface area (Å²) in [5.74, 6) is -0.838. The number of nitrogens with zero attached hydrogens (tertiary/aromatic N) is 2. The third-order valence-electron chi connectivity index (χ3n) is 5.15.